The average Bonchev–Trinajstić information content (AvgIpc) is 3.21. The Labute approximate surface area is 182 Å². The first-order valence-electron chi connectivity index (χ1n) is 9.18. The van der Waals surface area contributed by atoms with E-state index >= 15 is 0 Å². The van der Waals surface area contributed by atoms with Crippen LogP contribution >= 0.6 is 11.3 Å². The fourth-order valence-corrected chi connectivity index (χ4v) is 5.08. The lowest BCUT2D eigenvalue weighted by Crippen LogP contribution is -2.38. The van der Waals surface area contributed by atoms with E-state index in [2.05, 4.69) is 9.71 Å². The molecule has 4 rings (SSSR count). The third-order valence-corrected chi connectivity index (χ3v) is 6.89. The number of aromatic carboxylic acids is 1. The van der Waals surface area contributed by atoms with Crippen LogP contribution in [-0.2, 0) is 14.8 Å². The van der Waals surface area contributed by atoms with E-state index in [1.165, 1.54) is 24.3 Å². The van der Waals surface area contributed by atoms with Gasteiger partial charge in [-0.05, 0) is 49.4 Å². The summed E-state index contributed by atoms with van der Waals surface area (Å²) in [4.78, 5) is 28.9. The predicted molar refractivity (Wildman–Crippen MR) is 115 cm³/mol. The van der Waals surface area contributed by atoms with Gasteiger partial charge in [0.2, 0.25) is 0 Å². The number of carboxylic acid groups (broad SMARTS) is 1. The molecule has 11 heteroatoms. The molecule has 2 heterocycles. The number of fused-ring (bicyclic) bond motifs is 1. The zero-order chi connectivity index (χ0) is 22.2. The minimum atomic E-state index is -3.93. The molecule has 9 nitrogen and oxygen atoms in total. The van der Waals surface area contributed by atoms with Crippen molar-refractivity contribution in [3.8, 4) is 17.0 Å². The van der Waals surface area contributed by atoms with E-state index in [0.29, 0.717) is 29.2 Å². The first-order chi connectivity index (χ1) is 14.8. The second-order valence-corrected chi connectivity index (χ2v) is 9.12. The van der Waals surface area contributed by atoms with Crippen molar-refractivity contribution in [2.45, 2.75) is 11.8 Å². The molecule has 1 aromatic heterocycles. The van der Waals surface area contributed by atoms with Crippen LogP contribution in [0.5, 0.6) is 5.75 Å². The predicted octanol–water partition coefficient (Wildman–Crippen LogP) is 3.05. The SMILES string of the molecule is CCN1C(=O)COc2ccc(-c3csc(NS(=O)(=O)c4ccc(C(=O)O)cc4)n3)cc21. The van der Waals surface area contributed by atoms with Crippen molar-refractivity contribution < 1.29 is 27.9 Å². The average molecular weight is 460 g/mol. The van der Waals surface area contributed by atoms with Crippen molar-refractivity contribution in [3.63, 3.8) is 0 Å². The highest BCUT2D eigenvalue weighted by Crippen LogP contribution is 2.36. The number of thiazole rings is 1. The van der Waals surface area contributed by atoms with Crippen LogP contribution in [-0.4, -0.2) is 43.5 Å². The van der Waals surface area contributed by atoms with Crippen molar-refractivity contribution in [2.75, 3.05) is 22.8 Å². The lowest BCUT2D eigenvalue weighted by atomic mass is 10.1. The Morgan fingerprint density at radius 3 is 2.68 bits per heavy atom. The highest BCUT2D eigenvalue weighted by molar-refractivity contribution is 7.93. The van der Waals surface area contributed by atoms with Gasteiger partial charge in [0.15, 0.2) is 11.7 Å². The van der Waals surface area contributed by atoms with Crippen LogP contribution in [0.3, 0.4) is 0 Å². The minimum absolute atomic E-state index is 0.00371. The smallest absolute Gasteiger partial charge is 0.335 e. The van der Waals surface area contributed by atoms with Crippen LogP contribution in [0.25, 0.3) is 11.3 Å². The standard InChI is InChI=1S/C20H17N3O6S2/c1-2-23-16-9-13(5-8-17(16)29-10-18(23)24)15-11-30-20(21-15)22-31(27,28)14-6-3-12(4-7-14)19(25)26/h3-9,11H,2,10H2,1H3,(H,21,22)(H,25,26). The first kappa shape index (κ1) is 20.8. The number of amides is 1. The Hall–Kier alpha value is -3.44. The summed E-state index contributed by atoms with van der Waals surface area (Å²) in [7, 11) is -3.93. The van der Waals surface area contributed by atoms with E-state index in [0.717, 1.165) is 11.3 Å². The highest BCUT2D eigenvalue weighted by Gasteiger charge is 2.25. The minimum Gasteiger partial charge on any atom is -0.482 e. The molecule has 160 valence electrons. The topological polar surface area (TPSA) is 126 Å². The van der Waals surface area contributed by atoms with Crippen LogP contribution in [0.15, 0.2) is 52.7 Å². The molecule has 0 fully saturated rings. The molecule has 0 saturated heterocycles. The van der Waals surface area contributed by atoms with E-state index in [-0.39, 0.29) is 28.1 Å². The lowest BCUT2D eigenvalue weighted by Gasteiger charge is -2.28. The lowest BCUT2D eigenvalue weighted by molar-refractivity contribution is -0.121. The van der Waals surface area contributed by atoms with E-state index < -0.39 is 16.0 Å². The van der Waals surface area contributed by atoms with Gasteiger partial charge in [-0.3, -0.25) is 9.52 Å². The molecule has 2 aromatic carbocycles. The van der Waals surface area contributed by atoms with Crippen LogP contribution in [0, 0.1) is 0 Å². The number of nitrogens with zero attached hydrogens (tertiary/aromatic N) is 2. The number of aromatic nitrogens is 1. The highest BCUT2D eigenvalue weighted by atomic mass is 32.2. The summed E-state index contributed by atoms with van der Waals surface area (Å²) in [6, 6.07) is 10.2. The number of carbonyl (C=O) groups is 2. The first-order valence-corrected chi connectivity index (χ1v) is 11.5. The van der Waals surface area contributed by atoms with Gasteiger partial charge in [0.05, 0.1) is 21.8 Å². The quantitative estimate of drug-likeness (QED) is 0.580. The number of hydrogen-bond donors (Lipinski definition) is 2. The molecule has 31 heavy (non-hydrogen) atoms. The van der Waals surface area contributed by atoms with E-state index in [1.54, 1.807) is 28.5 Å². The molecular weight excluding hydrogens is 442 g/mol. The van der Waals surface area contributed by atoms with Gasteiger partial charge in [-0.15, -0.1) is 11.3 Å². The molecule has 0 spiro atoms. The van der Waals surface area contributed by atoms with Crippen molar-refractivity contribution in [2.24, 2.45) is 0 Å². The molecule has 2 N–H and O–H groups in total. The summed E-state index contributed by atoms with van der Waals surface area (Å²) in [6.45, 7) is 2.37. The van der Waals surface area contributed by atoms with Gasteiger partial charge < -0.3 is 14.7 Å². The number of carboxylic acids is 1. The van der Waals surface area contributed by atoms with Gasteiger partial charge in [-0.2, -0.15) is 0 Å². The maximum absolute atomic E-state index is 12.6. The van der Waals surface area contributed by atoms with E-state index in [4.69, 9.17) is 9.84 Å². The third kappa shape index (κ3) is 4.09. The monoisotopic (exact) mass is 459 g/mol. The van der Waals surface area contributed by atoms with Gasteiger partial charge in [0.1, 0.15) is 5.75 Å². The van der Waals surface area contributed by atoms with Crippen LogP contribution in [0.1, 0.15) is 17.3 Å². The summed E-state index contributed by atoms with van der Waals surface area (Å²) in [5, 5.41) is 10.8. The molecule has 1 aliphatic rings. The fraction of sp³-hybridized carbons (Fsp3) is 0.150. The summed E-state index contributed by atoms with van der Waals surface area (Å²) >= 11 is 1.11. The Balaban J connectivity index is 1.58. The number of likely N-dealkylation sites (N-methyl/N-ethyl adjacent to an activating group) is 1. The number of carbonyl (C=O) groups excluding carboxylic acids is 1. The Morgan fingerprint density at radius 1 is 1.26 bits per heavy atom. The molecule has 0 aliphatic carbocycles. The second kappa shape index (κ2) is 8.00. The van der Waals surface area contributed by atoms with E-state index in [9.17, 15) is 18.0 Å². The molecule has 0 atom stereocenters. The van der Waals surface area contributed by atoms with Gasteiger partial charge in [0.25, 0.3) is 15.9 Å². The van der Waals surface area contributed by atoms with Crippen molar-refractivity contribution in [1.29, 1.82) is 0 Å². The van der Waals surface area contributed by atoms with Crippen molar-refractivity contribution >= 4 is 44.1 Å². The summed E-state index contributed by atoms with van der Waals surface area (Å²) in [6.07, 6.45) is 0. The number of anilines is 2. The third-order valence-electron chi connectivity index (χ3n) is 4.65. The van der Waals surface area contributed by atoms with Gasteiger partial charge in [0, 0.05) is 17.5 Å². The zero-order valence-electron chi connectivity index (χ0n) is 16.2. The molecule has 0 unspecified atom stereocenters. The van der Waals surface area contributed by atoms with Crippen LogP contribution in [0.2, 0.25) is 0 Å². The Morgan fingerprint density at radius 2 is 2.00 bits per heavy atom. The summed E-state index contributed by atoms with van der Waals surface area (Å²) in [5.41, 5.74) is 1.89. The Bertz CT molecular complexity index is 1270. The Kier molecular flexibility index (Phi) is 5.38. The maximum atomic E-state index is 12.6. The normalized spacial score (nSPS) is 13.5. The largest absolute Gasteiger partial charge is 0.482 e. The molecular formula is C20H17N3O6S2. The van der Waals surface area contributed by atoms with Crippen LogP contribution < -0.4 is 14.4 Å². The van der Waals surface area contributed by atoms with Gasteiger partial charge in [-0.1, -0.05) is 0 Å². The van der Waals surface area contributed by atoms with Gasteiger partial charge >= 0.3 is 5.97 Å². The second-order valence-electron chi connectivity index (χ2n) is 6.58. The maximum Gasteiger partial charge on any atom is 0.335 e. The number of nitrogens with one attached hydrogen (secondary N) is 1. The van der Waals surface area contributed by atoms with E-state index in [1.807, 2.05) is 6.92 Å². The van der Waals surface area contributed by atoms with Gasteiger partial charge in [-0.25, -0.2) is 18.2 Å². The number of rotatable bonds is 6. The van der Waals surface area contributed by atoms with Crippen molar-refractivity contribution in [1.82, 2.24) is 4.98 Å². The number of ether oxygens (including phenoxy) is 1. The molecule has 0 bridgehead atoms. The molecule has 1 amide bonds. The summed E-state index contributed by atoms with van der Waals surface area (Å²) in [5.74, 6) is -0.667. The number of sulfonamides is 1. The number of hydrogen-bond acceptors (Lipinski definition) is 7. The molecule has 0 radical (unpaired) electrons. The molecule has 0 saturated carbocycles. The van der Waals surface area contributed by atoms with Crippen molar-refractivity contribution in [3.05, 3.63) is 53.4 Å². The zero-order valence-corrected chi connectivity index (χ0v) is 17.9. The number of benzene rings is 2. The molecule has 3 aromatic rings. The van der Waals surface area contributed by atoms with Crippen LogP contribution in [0.4, 0.5) is 10.8 Å². The molecule has 1 aliphatic heterocycles. The summed E-state index contributed by atoms with van der Waals surface area (Å²) < 4.78 is 33.0. The fourth-order valence-electron chi connectivity index (χ4n) is 3.11.